The summed E-state index contributed by atoms with van der Waals surface area (Å²) < 4.78 is 92.8. The molecule has 220 valence electrons. The van der Waals surface area contributed by atoms with Gasteiger partial charge in [-0.3, -0.25) is 4.79 Å². The Kier molecular flexibility index (Phi) is 9.70. The van der Waals surface area contributed by atoms with Crippen LogP contribution in [0.4, 0.5) is 35.5 Å². The van der Waals surface area contributed by atoms with E-state index in [4.69, 9.17) is 0 Å². The van der Waals surface area contributed by atoms with Crippen LogP contribution in [0.15, 0.2) is 36.4 Å². The highest BCUT2D eigenvalue weighted by Crippen LogP contribution is 2.37. The fraction of sp³-hybridized carbons (Fsp3) is 0.481. The smallest absolute Gasteiger partial charge is 0.352 e. The number of hydrogen-bond acceptors (Lipinski definition) is 3. The van der Waals surface area contributed by atoms with Crippen LogP contribution in [0.3, 0.4) is 0 Å². The molecule has 1 aliphatic rings. The molecule has 1 aliphatic heterocycles. The van der Waals surface area contributed by atoms with Crippen LogP contribution >= 0.6 is 0 Å². The van der Waals surface area contributed by atoms with E-state index in [1.54, 1.807) is 32.0 Å². The topological polar surface area (TPSA) is 64.7 Å². The summed E-state index contributed by atoms with van der Waals surface area (Å²) in [5.74, 6) is -0.648. The molecule has 2 aromatic carbocycles. The van der Waals surface area contributed by atoms with E-state index in [-0.39, 0.29) is 49.6 Å². The number of alkyl halides is 6. The average molecular weight is 577 g/mol. The molecular weight excluding hydrogens is 545 g/mol. The molecule has 2 atom stereocenters. The van der Waals surface area contributed by atoms with Gasteiger partial charge in [0.15, 0.2) is 0 Å². The maximum absolute atomic E-state index is 13.8. The fourth-order valence-electron chi connectivity index (χ4n) is 4.79. The number of carbonyl (C=O) groups is 2. The molecule has 2 N–H and O–H groups in total. The van der Waals surface area contributed by atoms with Crippen molar-refractivity contribution < 1.29 is 40.3 Å². The summed E-state index contributed by atoms with van der Waals surface area (Å²) in [6, 6.07) is 4.07. The van der Waals surface area contributed by atoms with E-state index >= 15 is 0 Å². The van der Waals surface area contributed by atoms with Crippen LogP contribution in [-0.4, -0.2) is 61.5 Å². The van der Waals surface area contributed by atoms with Gasteiger partial charge in [-0.05, 0) is 87.3 Å². The second kappa shape index (κ2) is 12.4. The lowest BCUT2D eigenvalue weighted by molar-refractivity contribution is -0.143. The van der Waals surface area contributed by atoms with Gasteiger partial charge < -0.3 is 20.4 Å². The Balaban J connectivity index is 1.75. The molecule has 0 aromatic heterocycles. The fourth-order valence-corrected chi connectivity index (χ4v) is 4.79. The van der Waals surface area contributed by atoms with E-state index < -0.39 is 41.4 Å². The van der Waals surface area contributed by atoms with Crippen LogP contribution in [0.25, 0.3) is 0 Å². The van der Waals surface area contributed by atoms with Crippen molar-refractivity contribution in [3.8, 4) is 0 Å². The van der Waals surface area contributed by atoms with E-state index in [1.165, 1.54) is 17.0 Å². The summed E-state index contributed by atoms with van der Waals surface area (Å²) in [5.41, 5.74) is -1.82. The molecule has 1 heterocycles. The maximum Gasteiger partial charge on any atom is 0.416 e. The molecular formula is C27H31F7N4O2. The number of nitrogens with zero attached hydrogens (tertiary/aromatic N) is 2. The first-order chi connectivity index (χ1) is 18.5. The van der Waals surface area contributed by atoms with Crippen molar-refractivity contribution in [2.45, 2.75) is 50.6 Å². The van der Waals surface area contributed by atoms with Crippen molar-refractivity contribution in [3.63, 3.8) is 0 Å². The summed E-state index contributed by atoms with van der Waals surface area (Å²) in [4.78, 5) is 28.7. The molecule has 2 aromatic rings. The van der Waals surface area contributed by atoms with Crippen LogP contribution in [-0.2, 0) is 23.6 Å². The number of hydrogen-bond donors (Lipinski definition) is 2. The molecule has 40 heavy (non-hydrogen) atoms. The zero-order chi connectivity index (χ0) is 29.8. The highest BCUT2D eigenvalue weighted by Gasteiger charge is 2.37. The monoisotopic (exact) mass is 576 g/mol. The number of carbonyl (C=O) groups excluding carboxylic acids is 2. The molecule has 1 saturated heterocycles. The second-order valence-electron chi connectivity index (χ2n) is 10.1. The van der Waals surface area contributed by atoms with Crippen molar-refractivity contribution in [1.82, 2.24) is 20.4 Å². The van der Waals surface area contributed by atoms with Gasteiger partial charge >= 0.3 is 18.4 Å². The number of nitrogens with one attached hydrogen (secondary N) is 2. The Morgan fingerprint density at radius 2 is 1.62 bits per heavy atom. The van der Waals surface area contributed by atoms with E-state index in [0.29, 0.717) is 36.1 Å². The van der Waals surface area contributed by atoms with Gasteiger partial charge in [0.2, 0.25) is 5.91 Å². The van der Waals surface area contributed by atoms with Crippen LogP contribution in [0, 0.1) is 12.7 Å². The number of amides is 3. The summed E-state index contributed by atoms with van der Waals surface area (Å²) in [6.45, 7) is 1.86. The van der Waals surface area contributed by atoms with Gasteiger partial charge in [0.05, 0.1) is 23.7 Å². The van der Waals surface area contributed by atoms with Crippen LogP contribution in [0.5, 0.6) is 0 Å². The minimum atomic E-state index is -4.97. The molecule has 0 radical (unpaired) electrons. The van der Waals surface area contributed by atoms with Crippen molar-refractivity contribution in [2.75, 3.05) is 33.7 Å². The zero-order valence-electron chi connectivity index (χ0n) is 22.2. The normalized spacial score (nSPS) is 18.1. The van der Waals surface area contributed by atoms with E-state index in [9.17, 15) is 40.3 Å². The summed E-state index contributed by atoms with van der Waals surface area (Å²) >= 11 is 0. The van der Waals surface area contributed by atoms with Gasteiger partial charge in [-0.1, -0.05) is 6.07 Å². The number of aryl methyl sites for hydroxylation is 1. The number of piperidine rings is 1. The first-order valence-corrected chi connectivity index (χ1v) is 12.6. The lowest BCUT2D eigenvalue weighted by atomic mass is 9.89. The quantitative estimate of drug-likeness (QED) is 0.440. The first-order valence-electron chi connectivity index (χ1n) is 12.6. The van der Waals surface area contributed by atoms with Crippen molar-refractivity contribution in [3.05, 3.63) is 70.0 Å². The third-order valence-corrected chi connectivity index (χ3v) is 6.62. The predicted molar refractivity (Wildman–Crippen MR) is 134 cm³/mol. The SMILES string of the molecule is Cc1cc(F)ccc1C1CC(NC(=O)CN(C)C)CCN1C(=O)NCCc1cc(C(F)(F)F)cc(C(F)(F)F)c1. The van der Waals surface area contributed by atoms with Gasteiger partial charge in [-0.2, -0.15) is 26.3 Å². The Morgan fingerprint density at radius 1 is 1.00 bits per heavy atom. The Morgan fingerprint density at radius 3 is 2.17 bits per heavy atom. The molecule has 3 rings (SSSR count). The number of urea groups is 1. The van der Waals surface area contributed by atoms with E-state index in [2.05, 4.69) is 10.6 Å². The molecule has 2 unspecified atom stereocenters. The van der Waals surface area contributed by atoms with Crippen molar-refractivity contribution in [2.24, 2.45) is 0 Å². The maximum atomic E-state index is 13.8. The van der Waals surface area contributed by atoms with Crippen LogP contribution < -0.4 is 10.6 Å². The number of benzene rings is 2. The van der Waals surface area contributed by atoms with Gasteiger partial charge in [0.25, 0.3) is 0 Å². The molecule has 0 saturated carbocycles. The molecule has 0 bridgehead atoms. The Bertz CT molecular complexity index is 1180. The van der Waals surface area contributed by atoms with E-state index in [0.717, 1.165) is 0 Å². The predicted octanol–water partition coefficient (Wildman–Crippen LogP) is 5.31. The number of halogens is 7. The lowest BCUT2D eigenvalue weighted by Crippen LogP contribution is -2.52. The average Bonchev–Trinajstić information content (AvgIpc) is 2.82. The largest absolute Gasteiger partial charge is 0.416 e. The molecule has 13 heteroatoms. The summed E-state index contributed by atoms with van der Waals surface area (Å²) in [7, 11) is 3.50. The molecule has 3 amide bonds. The van der Waals surface area contributed by atoms with Crippen LogP contribution in [0.2, 0.25) is 0 Å². The second-order valence-corrected chi connectivity index (χ2v) is 10.1. The number of rotatable bonds is 7. The van der Waals surface area contributed by atoms with Gasteiger partial charge in [-0.15, -0.1) is 0 Å². The summed E-state index contributed by atoms with van der Waals surface area (Å²) in [5, 5.41) is 5.53. The molecule has 1 fully saturated rings. The zero-order valence-corrected chi connectivity index (χ0v) is 22.2. The van der Waals surface area contributed by atoms with E-state index in [1.807, 2.05) is 0 Å². The lowest BCUT2D eigenvalue weighted by Gasteiger charge is -2.40. The Labute approximate surface area is 227 Å². The van der Waals surface area contributed by atoms with Crippen LogP contribution in [0.1, 0.15) is 46.7 Å². The summed E-state index contributed by atoms with van der Waals surface area (Å²) in [6.07, 6.45) is -9.44. The molecule has 6 nitrogen and oxygen atoms in total. The van der Waals surface area contributed by atoms with Crippen molar-refractivity contribution >= 4 is 11.9 Å². The highest BCUT2D eigenvalue weighted by molar-refractivity contribution is 5.78. The van der Waals surface area contributed by atoms with Gasteiger partial charge in [0, 0.05) is 19.1 Å². The standard InChI is InChI=1S/C27H31F7N4O2/c1-16-10-20(28)4-5-22(16)23-14-21(36-24(39)15-37(2)3)7-9-38(23)25(40)35-8-6-17-11-18(26(29,30)31)13-19(12-17)27(32,33)34/h4-5,10-13,21,23H,6-9,14-15H2,1-3H3,(H,35,40)(H,36,39). The Hall–Kier alpha value is -3.35. The van der Waals surface area contributed by atoms with Gasteiger partial charge in [0.1, 0.15) is 5.82 Å². The minimum absolute atomic E-state index is 0.0547. The van der Waals surface area contributed by atoms with Crippen molar-refractivity contribution in [1.29, 1.82) is 0 Å². The third-order valence-electron chi connectivity index (χ3n) is 6.62. The molecule has 0 spiro atoms. The molecule has 0 aliphatic carbocycles. The number of likely N-dealkylation sites (tertiary alicyclic amines) is 1. The number of likely N-dealkylation sites (N-methyl/N-ethyl adjacent to an activating group) is 1. The first kappa shape index (κ1) is 31.2. The van der Waals surface area contributed by atoms with Gasteiger partial charge in [-0.25, -0.2) is 9.18 Å². The highest BCUT2D eigenvalue weighted by atomic mass is 19.4. The third kappa shape index (κ3) is 8.33. The minimum Gasteiger partial charge on any atom is -0.352 e.